The fourth-order valence-electron chi connectivity index (χ4n) is 3.54. The van der Waals surface area contributed by atoms with E-state index in [1.165, 1.54) is 13.2 Å². The fraction of sp³-hybridized carbons (Fsp3) is 0.273. The van der Waals surface area contributed by atoms with Gasteiger partial charge in [-0.1, -0.05) is 42.4 Å². The van der Waals surface area contributed by atoms with Gasteiger partial charge in [-0.05, 0) is 42.5 Å². The Hall–Kier alpha value is -2.71. The van der Waals surface area contributed by atoms with E-state index in [9.17, 15) is 9.18 Å². The first kappa shape index (κ1) is 21.5. The topological polar surface area (TPSA) is 69.4 Å². The number of hydrogen-bond acceptors (Lipinski definition) is 6. The molecule has 0 bridgehead atoms. The summed E-state index contributed by atoms with van der Waals surface area (Å²) in [4.78, 5) is 16.7. The van der Waals surface area contributed by atoms with Crippen molar-refractivity contribution in [3.05, 3.63) is 70.3 Å². The molecular weight excluding hydrogens is 439 g/mol. The number of aliphatic imine (C=N–C) groups is 1. The molecule has 31 heavy (non-hydrogen) atoms. The summed E-state index contributed by atoms with van der Waals surface area (Å²) in [7, 11) is 1.35. The predicted octanol–water partition coefficient (Wildman–Crippen LogP) is 5.02. The number of hydrogen-bond donors (Lipinski definition) is 0. The molecule has 0 radical (unpaired) electrons. The van der Waals surface area contributed by atoms with Crippen molar-refractivity contribution in [1.82, 2.24) is 14.8 Å². The Labute approximate surface area is 188 Å². The average molecular weight is 459 g/mol. The molecule has 2 heterocycles. The summed E-state index contributed by atoms with van der Waals surface area (Å²) < 4.78 is 21.6. The first-order chi connectivity index (χ1) is 15.0. The van der Waals surface area contributed by atoms with Gasteiger partial charge in [-0.25, -0.2) is 4.39 Å². The van der Waals surface area contributed by atoms with Crippen LogP contribution in [0.1, 0.15) is 42.8 Å². The number of fused-ring (bicyclic) bond motifs is 3. The Morgan fingerprint density at radius 2 is 2.03 bits per heavy atom. The number of esters is 1. The standard InChI is InChI=1S/C22H20ClFN4O2S/c1-3-31-22-27-26-21-17(9-11-19(29)30-2)25-20(14-6-4-5-7-16(14)24)15-12-13(23)8-10-18(15)28(21)22/h4-8,10,12,17H,3,9,11H2,1-2H3/t17-/m0/s1. The van der Waals surface area contributed by atoms with E-state index in [0.717, 1.165) is 11.4 Å². The minimum absolute atomic E-state index is 0.148. The molecule has 0 spiro atoms. The van der Waals surface area contributed by atoms with Gasteiger partial charge in [0.05, 0.1) is 18.5 Å². The van der Waals surface area contributed by atoms with E-state index in [-0.39, 0.29) is 18.2 Å². The maximum Gasteiger partial charge on any atom is 0.305 e. The Morgan fingerprint density at radius 3 is 2.77 bits per heavy atom. The molecule has 6 nitrogen and oxygen atoms in total. The highest BCUT2D eigenvalue weighted by atomic mass is 35.5. The van der Waals surface area contributed by atoms with Gasteiger partial charge in [0.15, 0.2) is 11.0 Å². The van der Waals surface area contributed by atoms with Gasteiger partial charge in [0.1, 0.15) is 11.9 Å². The largest absolute Gasteiger partial charge is 0.469 e. The van der Waals surface area contributed by atoms with Crippen LogP contribution in [-0.2, 0) is 9.53 Å². The summed E-state index contributed by atoms with van der Waals surface area (Å²) in [5, 5.41) is 9.96. The van der Waals surface area contributed by atoms with E-state index in [2.05, 4.69) is 10.2 Å². The van der Waals surface area contributed by atoms with Crippen LogP contribution in [0.4, 0.5) is 4.39 Å². The Kier molecular flexibility index (Phi) is 6.38. The molecule has 0 saturated carbocycles. The minimum atomic E-state index is -0.515. The summed E-state index contributed by atoms with van der Waals surface area (Å²) in [6.07, 6.45) is 0.497. The molecule has 1 aliphatic rings. The van der Waals surface area contributed by atoms with Crippen molar-refractivity contribution in [3.63, 3.8) is 0 Å². The number of aromatic nitrogens is 3. The van der Waals surface area contributed by atoms with Gasteiger partial charge >= 0.3 is 5.97 Å². The molecule has 0 saturated heterocycles. The lowest BCUT2D eigenvalue weighted by Gasteiger charge is -2.14. The van der Waals surface area contributed by atoms with Gasteiger partial charge in [0, 0.05) is 22.6 Å². The maximum atomic E-state index is 14.8. The first-order valence-electron chi connectivity index (χ1n) is 9.81. The molecule has 0 N–H and O–H groups in total. The smallest absolute Gasteiger partial charge is 0.305 e. The van der Waals surface area contributed by atoms with Crippen molar-refractivity contribution in [1.29, 1.82) is 0 Å². The molecule has 0 unspecified atom stereocenters. The zero-order valence-electron chi connectivity index (χ0n) is 17.0. The van der Waals surface area contributed by atoms with Crippen LogP contribution in [0.25, 0.3) is 5.69 Å². The number of methoxy groups -OCH3 is 1. The van der Waals surface area contributed by atoms with Crippen molar-refractivity contribution in [2.75, 3.05) is 12.9 Å². The monoisotopic (exact) mass is 458 g/mol. The highest BCUT2D eigenvalue weighted by Crippen LogP contribution is 2.36. The molecule has 1 atom stereocenters. The first-order valence-corrected chi connectivity index (χ1v) is 11.2. The summed E-state index contributed by atoms with van der Waals surface area (Å²) in [5.41, 5.74) is 2.26. The summed E-state index contributed by atoms with van der Waals surface area (Å²) in [5.74, 6) is 0.658. The number of carbonyl (C=O) groups excluding carboxylic acids is 1. The van der Waals surface area contributed by atoms with Crippen LogP contribution in [0, 0.1) is 5.82 Å². The SMILES string of the molecule is CCSc1nnc2n1-c1ccc(Cl)cc1C(c1ccccc1F)=N[C@H]2CCC(=O)OC. The Morgan fingerprint density at radius 1 is 1.23 bits per heavy atom. The Balaban J connectivity index is 1.96. The zero-order valence-corrected chi connectivity index (χ0v) is 18.6. The normalized spacial score (nSPS) is 15.0. The number of carbonyl (C=O) groups is 1. The third-order valence-electron chi connectivity index (χ3n) is 4.95. The summed E-state index contributed by atoms with van der Waals surface area (Å²) in [6, 6.07) is 11.4. The van der Waals surface area contributed by atoms with Crippen LogP contribution in [-0.4, -0.2) is 39.3 Å². The van der Waals surface area contributed by atoms with Crippen LogP contribution in [0.3, 0.4) is 0 Å². The predicted molar refractivity (Wildman–Crippen MR) is 119 cm³/mol. The maximum absolute atomic E-state index is 14.8. The van der Waals surface area contributed by atoms with Gasteiger partial charge < -0.3 is 4.74 Å². The highest BCUT2D eigenvalue weighted by molar-refractivity contribution is 7.99. The van der Waals surface area contributed by atoms with E-state index < -0.39 is 6.04 Å². The number of thioether (sulfide) groups is 1. The molecule has 4 rings (SSSR count). The van der Waals surface area contributed by atoms with Crippen LogP contribution in [0.5, 0.6) is 0 Å². The molecule has 0 fully saturated rings. The molecule has 2 aromatic carbocycles. The number of nitrogens with zero attached hydrogens (tertiary/aromatic N) is 4. The molecule has 3 aromatic rings. The lowest BCUT2D eigenvalue weighted by atomic mass is 10.00. The van der Waals surface area contributed by atoms with E-state index in [0.29, 0.717) is 39.3 Å². The number of halogens is 2. The summed E-state index contributed by atoms with van der Waals surface area (Å²) >= 11 is 7.87. The number of ether oxygens (including phenoxy) is 1. The fourth-order valence-corrected chi connectivity index (χ4v) is 4.39. The van der Waals surface area contributed by atoms with E-state index in [1.807, 2.05) is 17.6 Å². The lowest BCUT2D eigenvalue weighted by Crippen LogP contribution is -2.10. The molecular formula is C22H20ClFN4O2S. The second kappa shape index (κ2) is 9.20. The average Bonchev–Trinajstić information content (AvgIpc) is 3.12. The van der Waals surface area contributed by atoms with Crippen LogP contribution >= 0.6 is 23.4 Å². The quantitative estimate of drug-likeness (QED) is 0.383. The van der Waals surface area contributed by atoms with Gasteiger partial charge in [0.2, 0.25) is 0 Å². The van der Waals surface area contributed by atoms with Crippen LogP contribution < -0.4 is 0 Å². The van der Waals surface area contributed by atoms with Gasteiger partial charge in [-0.2, -0.15) is 0 Å². The minimum Gasteiger partial charge on any atom is -0.469 e. The number of benzene rings is 2. The van der Waals surface area contributed by atoms with Crippen molar-refractivity contribution in [2.45, 2.75) is 31.0 Å². The third-order valence-corrected chi connectivity index (χ3v) is 5.99. The van der Waals surface area contributed by atoms with Crippen LogP contribution in [0.15, 0.2) is 52.6 Å². The molecule has 1 aliphatic heterocycles. The zero-order chi connectivity index (χ0) is 22.0. The molecule has 160 valence electrons. The van der Waals surface area contributed by atoms with Crippen molar-refractivity contribution >= 4 is 35.0 Å². The van der Waals surface area contributed by atoms with Crippen LogP contribution in [0.2, 0.25) is 5.02 Å². The molecule has 0 amide bonds. The molecule has 1 aromatic heterocycles. The van der Waals surface area contributed by atoms with Crippen molar-refractivity contribution in [3.8, 4) is 5.69 Å². The lowest BCUT2D eigenvalue weighted by molar-refractivity contribution is -0.140. The molecule has 9 heteroatoms. The van der Waals surface area contributed by atoms with Gasteiger partial charge in [-0.15, -0.1) is 10.2 Å². The van der Waals surface area contributed by atoms with Gasteiger partial charge in [0.25, 0.3) is 0 Å². The Bertz CT molecular complexity index is 1160. The third kappa shape index (κ3) is 4.22. The molecule has 0 aliphatic carbocycles. The summed E-state index contributed by atoms with van der Waals surface area (Å²) in [6.45, 7) is 2.03. The highest BCUT2D eigenvalue weighted by Gasteiger charge is 2.30. The van der Waals surface area contributed by atoms with E-state index in [4.69, 9.17) is 21.3 Å². The van der Waals surface area contributed by atoms with Crippen molar-refractivity contribution in [2.24, 2.45) is 4.99 Å². The van der Waals surface area contributed by atoms with E-state index >= 15 is 0 Å². The second-order valence-electron chi connectivity index (χ2n) is 6.86. The van der Waals surface area contributed by atoms with Crippen molar-refractivity contribution < 1.29 is 13.9 Å². The van der Waals surface area contributed by atoms with Gasteiger partial charge in [-0.3, -0.25) is 14.4 Å². The van der Waals surface area contributed by atoms with E-state index in [1.54, 1.807) is 42.1 Å². The second-order valence-corrected chi connectivity index (χ2v) is 8.53. The number of rotatable bonds is 6.